The quantitative estimate of drug-likeness (QED) is 0.905. The average Bonchev–Trinajstić information content (AvgIpc) is 2.63. The third kappa shape index (κ3) is 4.60. The highest BCUT2D eigenvalue weighted by atomic mass is 16.2. The van der Waals surface area contributed by atoms with Crippen molar-refractivity contribution < 1.29 is 9.59 Å². The lowest BCUT2D eigenvalue weighted by Gasteiger charge is -2.34. The van der Waals surface area contributed by atoms with Gasteiger partial charge in [0.05, 0.1) is 18.4 Å². The summed E-state index contributed by atoms with van der Waals surface area (Å²) >= 11 is 0. The molecule has 1 aromatic heterocycles. The van der Waals surface area contributed by atoms with Gasteiger partial charge in [-0.1, -0.05) is 18.2 Å². The third-order valence-corrected chi connectivity index (χ3v) is 4.08. The van der Waals surface area contributed by atoms with Gasteiger partial charge in [0.1, 0.15) is 5.69 Å². The van der Waals surface area contributed by atoms with Crippen molar-refractivity contribution in [2.45, 2.75) is 6.92 Å². The minimum absolute atomic E-state index is 0.0459. The summed E-state index contributed by atoms with van der Waals surface area (Å²) in [5.41, 5.74) is 1.94. The molecule has 1 aliphatic heterocycles. The standard InChI is InChI=1S/C18H21N5O2/c1-14-11-20-16(12-19-14)18(25)23-9-7-22(8-10-23)13-17(24)21-15-5-3-2-4-6-15/h2-6,11-12H,7-10,13H2,1H3,(H,21,24). The summed E-state index contributed by atoms with van der Waals surface area (Å²) in [6.45, 7) is 4.63. The molecule has 0 atom stereocenters. The molecule has 0 radical (unpaired) electrons. The predicted molar refractivity (Wildman–Crippen MR) is 94.2 cm³/mol. The largest absolute Gasteiger partial charge is 0.335 e. The fourth-order valence-corrected chi connectivity index (χ4v) is 2.70. The van der Waals surface area contributed by atoms with Crippen LogP contribution in [0.2, 0.25) is 0 Å². The van der Waals surface area contributed by atoms with E-state index in [0.717, 1.165) is 11.4 Å². The summed E-state index contributed by atoms with van der Waals surface area (Å²) < 4.78 is 0. The molecule has 0 spiro atoms. The molecular weight excluding hydrogens is 318 g/mol. The highest BCUT2D eigenvalue weighted by Crippen LogP contribution is 2.08. The summed E-state index contributed by atoms with van der Waals surface area (Å²) in [7, 11) is 0. The van der Waals surface area contributed by atoms with Gasteiger partial charge in [-0.3, -0.25) is 19.5 Å². The predicted octanol–water partition coefficient (Wildman–Crippen LogP) is 1.18. The molecule has 3 rings (SSSR count). The van der Waals surface area contributed by atoms with Crippen LogP contribution in [0.1, 0.15) is 16.2 Å². The van der Waals surface area contributed by atoms with Crippen molar-refractivity contribution in [1.82, 2.24) is 19.8 Å². The number of hydrogen-bond donors (Lipinski definition) is 1. The van der Waals surface area contributed by atoms with E-state index < -0.39 is 0 Å². The Kier molecular flexibility index (Phi) is 5.35. The van der Waals surface area contributed by atoms with Gasteiger partial charge in [-0.05, 0) is 19.1 Å². The number of carbonyl (C=O) groups is 2. The van der Waals surface area contributed by atoms with Crippen molar-refractivity contribution in [3.63, 3.8) is 0 Å². The van der Waals surface area contributed by atoms with E-state index in [2.05, 4.69) is 15.3 Å². The number of aryl methyl sites for hydroxylation is 1. The monoisotopic (exact) mass is 339 g/mol. The number of carbonyl (C=O) groups excluding carboxylic acids is 2. The molecule has 7 nitrogen and oxygen atoms in total. The van der Waals surface area contributed by atoms with Gasteiger partial charge >= 0.3 is 0 Å². The SMILES string of the molecule is Cc1cnc(C(=O)N2CCN(CC(=O)Nc3ccccc3)CC2)cn1. The third-order valence-electron chi connectivity index (χ3n) is 4.08. The summed E-state index contributed by atoms with van der Waals surface area (Å²) in [5.74, 6) is -0.156. The van der Waals surface area contributed by atoms with E-state index in [1.165, 1.54) is 6.20 Å². The molecule has 0 saturated carbocycles. The summed E-state index contributed by atoms with van der Waals surface area (Å²) in [5, 5.41) is 2.87. The Labute approximate surface area is 146 Å². The molecule has 1 aromatic carbocycles. The number of rotatable bonds is 4. The molecule has 130 valence electrons. The van der Waals surface area contributed by atoms with Crippen LogP contribution in [0.25, 0.3) is 0 Å². The molecular formula is C18H21N5O2. The van der Waals surface area contributed by atoms with E-state index in [0.29, 0.717) is 38.4 Å². The van der Waals surface area contributed by atoms with Crippen LogP contribution in [-0.4, -0.2) is 64.3 Å². The second-order valence-electron chi connectivity index (χ2n) is 6.03. The second-order valence-corrected chi connectivity index (χ2v) is 6.03. The van der Waals surface area contributed by atoms with Gasteiger partial charge in [-0.15, -0.1) is 0 Å². The van der Waals surface area contributed by atoms with E-state index in [1.54, 1.807) is 11.1 Å². The zero-order valence-electron chi connectivity index (χ0n) is 14.2. The normalized spacial score (nSPS) is 15.0. The number of anilines is 1. The Morgan fingerprint density at radius 3 is 2.40 bits per heavy atom. The average molecular weight is 339 g/mol. The van der Waals surface area contributed by atoms with Gasteiger partial charge in [0.25, 0.3) is 5.91 Å². The molecule has 7 heteroatoms. The molecule has 1 fully saturated rings. The molecule has 1 saturated heterocycles. The van der Waals surface area contributed by atoms with Crippen molar-refractivity contribution in [3.05, 3.63) is 54.1 Å². The van der Waals surface area contributed by atoms with Crippen molar-refractivity contribution >= 4 is 17.5 Å². The number of para-hydroxylation sites is 1. The fraction of sp³-hybridized carbons (Fsp3) is 0.333. The second kappa shape index (κ2) is 7.85. The Hall–Kier alpha value is -2.80. The van der Waals surface area contributed by atoms with E-state index in [4.69, 9.17) is 0 Å². The number of aromatic nitrogens is 2. The topological polar surface area (TPSA) is 78.4 Å². The van der Waals surface area contributed by atoms with Crippen molar-refractivity contribution in [2.24, 2.45) is 0 Å². The van der Waals surface area contributed by atoms with E-state index >= 15 is 0 Å². The lowest BCUT2D eigenvalue weighted by molar-refractivity contribution is -0.117. The van der Waals surface area contributed by atoms with Crippen LogP contribution in [0.15, 0.2) is 42.7 Å². The van der Waals surface area contributed by atoms with Gasteiger partial charge in [-0.2, -0.15) is 0 Å². The number of amides is 2. The molecule has 1 N–H and O–H groups in total. The Balaban J connectivity index is 1.47. The summed E-state index contributed by atoms with van der Waals surface area (Å²) in [4.78, 5) is 36.6. The van der Waals surface area contributed by atoms with E-state index in [-0.39, 0.29) is 11.8 Å². The number of nitrogens with one attached hydrogen (secondary N) is 1. The molecule has 2 heterocycles. The number of hydrogen-bond acceptors (Lipinski definition) is 5. The molecule has 0 unspecified atom stereocenters. The first-order valence-corrected chi connectivity index (χ1v) is 8.27. The summed E-state index contributed by atoms with van der Waals surface area (Å²) in [6, 6.07) is 9.39. The molecule has 2 aromatic rings. The van der Waals surface area contributed by atoms with Crippen molar-refractivity contribution in [3.8, 4) is 0 Å². The van der Waals surface area contributed by atoms with E-state index in [1.807, 2.05) is 42.2 Å². The highest BCUT2D eigenvalue weighted by molar-refractivity contribution is 5.93. The maximum absolute atomic E-state index is 12.4. The van der Waals surface area contributed by atoms with Gasteiger partial charge in [0.2, 0.25) is 5.91 Å². The maximum atomic E-state index is 12.4. The fourth-order valence-electron chi connectivity index (χ4n) is 2.70. The van der Waals surface area contributed by atoms with Crippen LogP contribution in [0.5, 0.6) is 0 Å². The van der Waals surface area contributed by atoms with Gasteiger partial charge in [0, 0.05) is 38.1 Å². The molecule has 1 aliphatic rings. The van der Waals surface area contributed by atoms with Gasteiger partial charge in [-0.25, -0.2) is 4.98 Å². The Bertz CT molecular complexity index is 725. The molecule has 2 amide bonds. The van der Waals surface area contributed by atoms with Crippen molar-refractivity contribution in [2.75, 3.05) is 38.0 Å². The van der Waals surface area contributed by atoms with Crippen LogP contribution >= 0.6 is 0 Å². The van der Waals surface area contributed by atoms with Crippen LogP contribution < -0.4 is 5.32 Å². The van der Waals surface area contributed by atoms with E-state index in [9.17, 15) is 9.59 Å². The summed E-state index contributed by atoms with van der Waals surface area (Å²) in [6.07, 6.45) is 3.11. The number of benzene rings is 1. The number of piperazine rings is 1. The number of nitrogens with zero attached hydrogens (tertiary/aromatic N) is 4. The van der Waals surface area contributed by atoms with Gasteiger partial charge in [0.15, 0.2) is 0 Å². The minimum atomic E-state index is -0.110. The van der Waals surface area contributed by atoms with Crippen LogP contribution in [0, 0.1) is 6.92 Å². The lowest BCUT2D eigenvalue weighted by atomic mass is 10.2. The molecule has 25 heavy (non-hydrogen) atoms. The van der Waals surface area contributed by atoms with Crippen molar-refractivity contribution in [1.29, 1.82) is 0 Å². The van der Waals surface area contributed by atoms with Crippen LogP contribution in [-0.2, 0) is 4.79 Å². The highest BCUT2D eigenvalue weighted by Gasteiger charge is 2.24. The first-order chi connectivity index (χ1) is 12.1. The Morgan fingerprint density at radius 1 is 1.04 bits per heavy atom. The smallest absolute Gasteiger partial charge is 0.274 e. The van der Waals surface area contributed by atoms with Crippen LogP contribution in [0.4, 0.5) is 5.69 Å². The molecule has 0 bridgehead atoms. The zero-order chi connectivity index (χ0) is 17.6. The first kappa shape index (κ1) is 17.0. The maximum Gasteiger partial charge on any atom is 0.274 e. The zero-order valence-corrected chi connectivity index (χ0v) is 14.2. The van der Waals surface area contributed by atoms with Crippen LogP contribution in [0.3, 0.4) is 0 Å². The first-order valence-electron chi connectivity index (χ1n) is 8.27. The molecule has 0 aliphatic carbocycles. The Morgan fingerprint density at radius 2 is 1.76 bits per heavy atom. The lowest BCUT2D eigenvalue weighted by Crippen LogP contribution is -2.50. The van der Waals surface area contributed by atoms with Gasteiger partial charge < -0.3 is 10.2 Å². The minimum Gasteiger partial charge on any atom is -0.335 e.